The first-order valence-electron chi connectivity index (χ1n) is 6.52. The molecule has 0 radical (unpaired) electrons. The van der Waals surface area contributed by atoms with Crippen LogP contribution in [0.5, 0.6) is 11.5 Å². The Hall–Kier alpha value is -1.72. The smallest absolute Gasteiger partial charge is 0.262 e. The first kappa shape index (κ1) is 16.6. The van der Waals surface area contributed by atoms with Crippen molar-refractivity contribution in [2.24, 2.45) is 0 Å². The highest BCUT2D eigenvalue weighted by Crippen LogP contribution is 2.27. The third kappa shape index (κ3) is 4.39. The van der Waals surface area contributed by atoms with Crippen molar-refractivity contribution in [1.29, 1.82) is 0 Å². The number of amides is 1. The van der Waals surface area contributed by atoms with E-state index in [-0.39, 0.29) is 12.5 Å². The third-order valence-electron chi connectivity index (χ3n) is 2.93. The van der Waals surface area contributed by atoms with Crippen molar-refractivity contribution in [3.05, 3.63) is 51.5 Å². The van der Waals surface area contributed by atoms with Crippen LogP contribution in [0.1, 0.15) is 5.56 Å². The average Bonchev–Trinajstić information content (AvgIpc) is 2.46. The molecule has 22 heavy (non-hydrogen) atoms. The molecule has 0 spiro atoms. The molecule has 4 nitrogen and oxygen atoms in total. The molecular formula is C16H15BrClNO3. The average molecular weight is 385 g/mol. The molecule has 0 aliphatic heterocycles. The van der Waals surface area contributed by atoms with Gasteiger partial charge in [-0.05, 0) is 48.9 Å². The quantitative estimate of drug-likeness (QED) is 0.829. The molecule has 0 saturated heterocycles. The van der Waals surface area contributed by atoms with Gasteiger partial charge < -0.3 is 14.8 Å². The van der Waals surface area contributed by atoms with Crippen molar-refractivity contribution in [3.8, 4) is 11.5 Å². The normalized spacial score (nSPS) is 10.2. The summed E-state index contributed by atoms with van der Waals surface area (Å²) in [5.41, 5.74) is 1.46. The maximum Gasteiger partial charge on any atom is 0.262 e. The largest absolute Gasteiger partial charge is 0.495 e. The number of carbonyl (C=O) groups excluding carboxylic acids is 1. The van der Waals surface area contributed by atoms with E-state index in [4.69, 9.17) is 21.1 Å². The van der Waals surface area contributed by atoms with Crippen LogP contribution in [0.25, 0.3) is 0 Å². The highest BCUT2D eigenvalue weighted by Gasteiger charge is 2.10. The molecule has 1 amide bonds. The second-order valence-corrected chi connectivity index (χ2v) is 5.94. The van der Waals surface area contributed by atoms with Gasteiger partial charge in [0.05, 0.1) is 12.8 Å². The van der Waals surface area contributed by atoms with Gasteiger partial charge in [0.2, 0.25) is 0 Å². The van der Waals surface area contributed by atoms with Gasteiger partial charge in [-0.15, -0.1) is 0 Å². The van der Waals surface area contributed by atoms with Crippen molar-refractivity contribution in [2.45, 2.75) is 6.92 Å². The van der Waals surface area contributed by atoms with Gasteiger partial charge in [-0.1, -0.05) is 27.5 Å². The minimum atomic E-state index is -0.289. The Morgan fingerprint density at radius 1 is 1.23 bits per heavy atom. The summed E-state index contributed by atoms with van der Waals surface area (Å²) in [5.74, 6) is 0.914. The molecular weight excluding hydrogens is 370 g/mol. The fraction of sp³-hybridized carbons (Fsp3) is 0.188. The number of hydrogen-bond acceptors (Lipinski definition) is 3. The number of benzene rings is 2. The van der Waals surface area contributed by atoms with Crippen LogP contribution in [0, 0.1) is 6.92 Å². The van der Waals surface area contributed by atoms with Crippen molar-refractivity contribution in [3.63, 3.8) is 0 Å². The summed E-state index contributed by atoms with van der Waals surface area (Å²) in [6, 6.07) is 10.6. The summed E-state index contributed by atoms with van der Waals surface area (Å²) in [4.78, 5) is 12.0. The fourth-order valence-corrected chi connectivity index (χ4v) is 2.53. The summed E-state index contributed by atoms with van der Waals surface area (Å²) in [5, 5.41) is 3.24. The molecule has 116 valence electrons. The Kier molecular flexibility index (Phi) is 5.69. The molecule has 2 aromatic rings. The number of nitrogens with one attached hydrogen (secondary N) is 1. The van der Waals surface area contributed by atoms with E-state index in [1.54, 1.807) is 18.2 Å². The molecule has 0 aromatic heterocycles. The minimum absolute atomic E-state index is 0.0991. The lowest BCUT2D eigenvalue weighted by molar-refractivity contribution is -0.118. The second kappa shape index (κ2) is 7.51. The van der Waals surface area contributed by atoms with Crippen molar-refractivity contribution >= 4 is 39.1 Å². The topological polar surface area (TPSA) is 47.6 Å². The third-order valence-corrected chi connectivity index (χ3v) is 3.66. The van der Waals surface area contributed by atoms with E-state index in [0.29, 0.717) is 22.2 Å². The molecule has 0 saturated carbocycles. The Labute approximate surface area is 142 Å². The summed E-state index contributed by atoms with van der Waals surface area (Å²) in [6.45, 7) is 1.82. The van der Waals surface area contributed by atoms with Gasteiger partial charge in [0, 0.05) is 9.50 Å². The van der Waals surface area contributed by atoms with E-state index in [2.05, 4.69) is 21.2 Å². The number of anilines is 1. The molecule has 0 unspecified atom stereocenters. The van der Waals surface area contributed by atoms with Crippen LogP contribution >= 0.6 is 27.5 Å². The zero-order valence-electron chi connectivity index (χ0n) is 12.2. The van der Waals surface area contributed by atoms with E-state index in [1.807, 2.05) is 25.1 Å². The zero-order valence-corrected chi connectivity index (χ0v) is 14.5. The number of rotatable bonds is 5. The predicted molar refractivity (Wildman–Crippen MR) is 91.0 cm³/mol. The second-order valence-electron chi connectivity index (χ2n) is 4.59. The lowest BCUT2D eigenvalue weighted by Crippen LogP contribution is -2.20. The maximum absolute atomic E-state index is 12.0. The molecule has 6 heteroatoms. The van der Waals surface area contributed by atoms with Gasteiger partial charge in [-0.25, -0.2) is 0 Å². The van der Waals surface area contributed by atoms with Crippen LogP contribution in [-0.4, -0.2) is 19.6 Å². The van der Waals surface area contributed by atoms with E-state index in [9.17, 15) is 4.79 Å². The standard InChI is InChI=1S/C16H15BrClNO3/c1-10-7-11(17)3-5-14(10)22-9-16(20)19-13-8-12(18)4-6-15(13)21-2/h3-8H,9H2,1-2H3,(H,19,20). The molecule has 0 fully saturated rings. The number of methoxy groups -OCH3 is 1. The Bertz CT molecular complexity index is 691. The first-order valence-corrected chi connectivity index (χ1v) is 7.69. The van der Waals surface area contributed by atoms with Crippen molar-refractivity contribution in [1.82, 2.24) is 0 Å². The number of ether oxygens (including phenoxy) is 2. The number of carbonyl (C=O) groups is 1. The highest BCUT2D eigenvalue weighted by molar-refractivity contribution is 9.10. The van der Waals surface area contributed by atoms with Crippen molar-refractivity contribution in [2.75, 3.05) is 19.0 Å². The number of aryl methyl sites for hydroxylation is 1. The lowest BCUT2D eigenvalue weighted by atomic mass is 10.2. The minimum Gasteiger partial charge on any atom is -0.495 e. The van der Waals surface area contributed by atoms with E-state index in [0.717, 1.165) is 10.0 Å². The molecule has 0 atom stereocenters. The van der Waals surface area contributed by atoms with Crippen LogP contribution < -0.4 is 14.8 Å². The van der Waals surface area contributed by atoms with Crippen LogP contribution in [0.3, 0.4) is 0 Å². The molecule has 0 aliphatic rings. The van der Waals surface area contributed by atoms with E-state index < -0.39 is 0 Å². The summed E-state index contributed by atoms with van der Waals surface area (Å²) < 4.78 is 11.7. The van der Waals surface area contributed by atoms with Crippen LogP contribution in [0.15, 0.2) is 40.9 Å². The van der Waals surface area contributed by atoms with Crippen LogP contribution in [0.4, 0.5) is 5.69 Å². The molecule has 2 aromatic carbocycles. The molecule has 0 heterocycles. The number of hydrogen-bond donors (Lipinski definition) is 1. The summed E-state index contributed by atoms with van der Waals surface area (Å²) in [6.07, 6.45) is 0. The molecule has 0 bridgehead atoms. The van der Waals surface area contributed by atoms with Crippen LogP contribution in [-0.2, 0) is 4.79 Å². The SMILES string of the molecule is COc1ccc(Cl)cc1NC(=O)COc1ccc(Br)cc1C. The monoisotopic (exact) mass is 383 g/mol. The van der Waals surface area contributed by atoms with E-state index >= 15 is 0 Å². The van der Waals surface area contributed by atoms with Gasteiger partial charge in [0.25, 0.3) is 5.91 Å². The van der Waals surface area contributed by atoms with Gasteiger partial charge >= 0.3 is 0 Å². The zero-order chi connectivity index (χ0) is 16.1. The summed E-state index contributed by atoms with van der Waals surface area (Å²) in [7, 11) is 1.53. The Balaban J connectivity index is 2.00. The lowest BCUT2D eigenvalue weighted by Gasteiger charge is -2.12. The van der Waals surface area contributed by atoms with Crippen molar-refractivity contribution < 1.29 is 14.3 Å². The highest BCUT2D eigenvalue weighted by atomic mass is 79.9. The Morgan fingerprint density at radius 3 is 2.64 bits per heavy atom. The predicted octanol–water partition coefficient (Wildman–Crippen LogP) is 4.44. The van der Waals surface area contributed by atoms with Gasteiger partial charge in [-0.3, -0.25) is 4.79 Å². The maximum atomic E-state index is 12.0. The summed E-state index contributed by atoms with van der Waals surface area (Å²) >= 11 is 9.31. The van der Waals surface area contributed by atoms with Gasteiger partial charge in [-0.2, -0.15) is 0 Å². The Morgan fingerprint density at radius 2 is 1.95 bits per heavy atom. The van der Waals surface area contributed by atoms with Gasteiger partial charge in [0.1, 0.15) is 11.5 Å². The molecule has 1 N–H and O–H groups in total. The van der Waals surface area contributed by atoms with Crippen LogP contribution in [0.2, 0.25) is 5.02 Å². The molecule has 0 aliphatic carbocycles. The first-order chi connectivity index (χ1) is 10.5. The molecule has 2 rings (SSSR count). The van der Waals surface area contributed by atoms with Gasteiger partial charge in [0.15, 0.2) is 6.61 Å². The fourth-order valence-electron chi connectivity index (χ4n) is 1.88. The number of halogens is 2. The van der Waals surface area contributed by atoms with E-state index in [1.165, 1.54) is 7.11 Å².